The fourth-order valence-electron chi connectivity index (χ4n) is 1.07. The lowest BCUT2D eigenvalue weighted by atomic mass is 10.2. The van der Waals surface area contributed by atoms with Crippen LogP contribution in [0.25, 0.3) is 0 Å². The molecule has 66 valence electrons. The van der Waals surface area contributed by atoms with Crippen LogP contribution in [-0.4, -0.2) is 16.9 Å². The predicted molar refractivity (Wildman–Crippen MR) is 45.4 cm³/mol. The van der Waals surface area contributed by atoms with Gasteiger partial charge in [-0.2, -0.15) is 5.10 Å². The second-order valence-electron chi connectivity index (χ2n) is 2.47. The van der Waals surface area contributed by atoms with E-state index >= 15 is 0 Å². The van der Waals surface area contributed by atoms with Crippen LogP contribution in [0.2, 0.25) is 0 Å². The van der Waals surface area contributed by atoms with Gasteiger partial charge in [0.05, 0.1) is 18.9 Å². The molecule has 1 heterocycles. The normalized spacial score (nSPS) is 9.92. The molecule has 1 aromatic rings. The van der Waals surface area contributed by atoms with E-state index in [2.05, 4.69) is 5.10 Å². The molecule has 0 N–H and O–H groups in total. The van der Waals surface area contributed by atoms with Gasteiger partial charge in [0.15, 0.2) is 0 Å². The summed E-state index contributed by atoms with van der Waals surface area (Å²) in [7, 11) is 3.16. The smallest absolute Gasteiger partial charge is 0.273 e. The van der Waals surface area contributed by atoms with Crippen LogP contribution in [0.3, 0.4) is 0 Å². The van der Waals surface area contributed by atoms with Crippen molar-refractivity contribution in [1.29, 1.82) is 0 Å². The Kier molecular flexibility index (Phi) is 2.47. The Bertz CT molecular complexity index is 330. The van der Waals surface area contributed by atoms with Crippen LogP contribution < -0.4 is 10.3 Å². The molecule has 12 heavy (non-hydrogen) atoms. The maximum absolute atomic E-state index is 11.4. The molecule has 0 radical (unpaired) electrons. The van der Waals surface area contributed by atoms with Gasteiger partial charge in [0.1, 0.15) is 5.75 Å². The van der Waals surface area contributed by atoms with Gasteiger partial charge in [0.2, 0.25) is 0 Å². The van der Waals surface area contributed by atoms with Crippen LogP contribution in [-0.2, 0) is 13.5 Å². The number of methoxy groups -OCH3 is 1. The third-order valence-corrected chi connectivity index (χ3v) is 1.77. The summed E-state index contributed by atoms with van der Waals surface area (Å²) in [5.74, 6) is 0.570. The zero-order valence-corrected chi connectivity index (χ0v) is 7.50. The first kappa shape index (κ1) is 8.77. The number of aryl methyl sites for hydroxylation is 1. The summed E-state index contributed by atoms with van der Waals surface area (Å²) in [6, 6.07) is 0. The van der Waals surface area contributed by atoms with Crippen LogP contribution >= 0.6 is 0 Å². The monoisotopic (exact) mass is 168 g/mol. The Labute approximate surface area is 70.8 Å². The molecule has 0 aliphatic heterocycles. The lowest BCUT2D eigenvalue weighted by Gasteiger charge is -2.05. The molecule has 1 rings (SSSR count). The molecule has 0 spiro atoms. The van der Waals surface area contributed by atoms with Gasteiger partial charge in [-0.15, -0.1) is 0 Å². The van der Waals surface area contributed by atoms with E-state index < -0.39 is 0 Å². The molecule has 0 aliphatic carbocycles. The molecule has 1 aromatic heterocycles. The van der Waals surface area contributed by atoms with E-state index in [0.29, 0.717) is 17.7 Å². The summed E-state index contributed by atoms with van der Waals surface area (Å²) in [5.41, 5.74) is 0.590. The predicted octanol–water partition coefficient (Wildman–Crippen LogP) is 0.351. The van der Waals surface area contributed by atoms with Crippen molar-refractivity contribution in [2.75, 3.05) is 7.11 Å². The van der Waals surface area contributed by atoms with E-state index in [9.17, 15) is 4.79 Å². The zero-order valence-electron chi connectivity index (χ0n) is 7.50. The van der Waals surface area contributed by atoms with E-state index in [-0.39, 0.29) is 5.56 Å². The highest BCUT2D eigenvalue weighted by atomic mass is 16.5. The van der Waals surface area contributed by atoms with Gasteiger partial charge in [-0.25, -0.2) is 4.68 Å². The third-order valence-electron chi connectivity index (χ3n) is 1.77. The van der Waals surface area contributed by atoms with Crippen LogP contribution in [0.15, 0.2) is 11.0 Å². The average molecular weight is 168 g/mol. The van der Waals surface area contributed by atoms with E-state index in [0.717, 1.165) is 0 Å². The van der Waals surface area contributed by atoms with Gasteiger partial charge in [0.25, 0.3) is 5.56 Å². The quantitative estimate of drug-likeness (QED) is 0.640. The maximum Gasteiger partial charge on any atom is 0.273 e. The molecule has 0 fully saturated rings. The van der Waals surface area contributed by atoms with Gasteiger partial charge in [0, 0.05) is 7.05 Å². The Hall–Kier alpha value is -1.32. The summed E-state index contributed by atoms with van der Waals surface area (Å²) in [4.78, 5) is 11.4. The molecule has 0 saturated carbocycles. The highest BCUT2D eigenvalue weighted by molar-refractivity contribution is 5.27. The Morgan fingerprint density at radius 2 is 2.33 bits per heavy atom. The van der Waals surface area contributed by atoms with Crippen molar-refractivity contribution < 1.29 is 4.74 Å². The minimum atomic E-state index is -0.0862. The molecular formula is C8H12N2O2. The lowest BCUT2D eigenvalue weighted by Crippen LogP contribution is -2.23. The SMILES string of the molecule is CCc1c(OC)cnn(C)c1=O. The third kappa shape index (κ3) is 1.32. The van der Waals surface area contributed by atoms with E-state index in [4.69, 9.17) is 4.74 Å². The van der Waals surface area contributed by atoms with Crippen molar-refractivity contribution in [2.45, 2.75) is 13.3 Å². The summed E-state index contributed by atoms with van der Waals surface area (Å²) < 4.78 is 6.30. The molecular weight excluding hydrogens is 156 g/mol. The molecule has 0 aliphatic rings. The number of hydrogen-bond donors (Lipinski definition) is 0. The van der Waals surface area contributed by atoms with Crippen molar-refractivity contribution in [1.82, 2.24) is 9.78 Å². The summed E-state index contributed by atoms with van der Waals surface area (Å²) in [6.07, 6.45) is 2.22. The summed E-state index contributed by atoms with van der Waals surface area (Å²) in [6.45, 7) is 1.92. The summed E-state index contributed by atoms with van der Waals surface area (Å²) >= 11 is 0. The second-order valence-corrected chi connectivity index (χ2v) is 2.47. The molecule has 4 nitrogen and oxygen atoms in total. The number of aromatic nitrogens is 2. The van der Waals surface area contributed by atoms with E-state index in [1.165, 1.54) is 11.8 Å². The standard InChI is InChI=1S/C8H12N2O2/c1-4-6-7(12-3)5-9-10(2)8(6)11/h5H,4H2,1-3H3. The molecule has 4 heteroatoms. The molecule has 0 aromatic carbocycles. The lowest BCUT2D eigenvalue weighted by molar-refractivity contribution is 0.402. The highest BCUT2D eigenvalue weighted by Gasteiger charge is 2.06. The van der Waals surface area contributed by atoms with Gasteiger partial charge in [-0.1, -0.05) is 6.92 Å². The van der Waals surface area contributed by atoms with Crippen molar-refractivity contribution in [2.24, 2.45) is 7.05 Å². The van der Waals surface area contributed by atoms with Gasteiger partial charge >= 0.3 is 0 Å². The Morgan fingerprint density at radius 3 is 2.83 bits per heavy atom. The minimum absolute atomic E-state index is 0.0862. The first-order valence-electron chi connectivity index (χ1n) is 3.79. The number of nitrogens with zero attached hydrogens (tertiary/aromatic N) is 2. The van der Waals surface area contributed by atoms with Crippen molar-refractivity contribution in [3.8, 4) is 5.75 Å². The second kappa shape index (κ2) is 3.38. The van der Waals surface area contributed by atoms with Crippen molar-refractivity contribution in [3.05, 3.63) is 22.1 Å². The number of rotatable bonds is 2. The van der Waals surface area contributed by atoms with Gasteiger partial charge < -0.3 is 4.74 Å². The van der Waals surface area contributed by atoms with E-state index in [1.54, 1.807) is 13.2 Å². The first-order chi connectivity index (χ1) is 5.70. The van der Waals surface area contributed by atoms with Gasteiger partial charge in [-0.05, 0) is 6.42 Å². The summed E-state index contributed by atoms with van der Waals surface area (Å²) in [5, 5.41) is 3.84. The van der Waals surface area contributed by atoms with Crippen LogP contribution in [0.4, 0.5) is 0 Å². The van der Waals surface area contributed by atoms with E-state index in [1.807, 2.05) is 6.92 Å². The number of hydrogen-bond acceptors (Lipinski definition) is 3. The van der Waals surface area contributed by atoms with Crippen LogP contribution in [0.1, 0.15) is 12.5 Å². The van der Waals surface area contributed by atoms with Crippen molar-refractivity contribution in [3.63, 3.8) is 0 Å². The number of ether oxygens (including phenoxy) is 1. The fourth-order valence-corrected chi connectivity index (χ4v) is 1.07. The topological polar surface area (TPSA) is 44.1 Å². The molecule has 0 saturated heterocycles. The zero-order chi connectivity index (χ0) is 9.14. The molecule has 0 bridgehead atoms. The molecule has 0 atom stereocenters. The largest absolute Gasteiger partial charge is 0.495 e. The Balaban J connectivity index is 3.36. The Morgan fingerprint density at radius 1 is 1.67 bits per heavy atom. The molecule has 0 amide bonds. The molecule has 0 unspecified atom stereocenters. The van der Waals surface area contributed by atoms with Crippen molar-refractivity contribution >= 4 is 0 Å². The highest BCUT2D eigenvalue weighted by Crippen LogP contribution is 2.11. The van der Waals surface area contributed by atoms with Gasteiger partial charge in [-0.3, -0.25) is 4.79 Å². The first-order valence-corrected chi connectivity index (χ1v) is 3.79. The van der Waals surface area contributed by atoms with Crippen LogP contribution in [0.5, 0.6) is 5.75 Å². The average Bonchev–Trinajstić information content (AvgIpc) is 2.09. The fraction of sp³-hybridized carbons (Fsp3) is 0.500. The minimum Gasteiger partial charge on any atom is -0.495 e. The van der Waals surface area contributed by atoms with Crippen LogP contribution in [0, 0.1) is 0 Å². The maximum atomic E-state index is 11.4.